The van der Waals surface area contributed by atoms with Gasteiger partial charge in [0.05, 0.1) is 18.1 Å². The summed E-state index contributed by atoms with van der Waals surface area (Å²) < 4.78 is 32.2. The largest absolute Gasteiger partial charge is 1.00 e. The van der Waals surface area contributed by atoms with Crippen molar-refractivity contribution < 1.29 is 52.7 Å². The Bertz CT molecular complexity index is 429. The molecule has 0 unspecified atom stereocenters. The van der Waals surface area contributed by atoms with Crippen molar-refractivity contribution in [2.45, 2.75) is 18.1 Å². The summed E-state index contributed by atoms with van der Waals surface area (Å²) in [6, 6.07) is 3.89. The first-order valence-corrected chi connectivity index (χ1v) is 5.20. The second-order valence-corrected chi connectivity index (χ2v) is 4.01. The molecule has 0 bridgehead atoms. The molecule has 0 atom stereocenters. The molecule has 0 aliphatic rings. The van der Waals surface area contributed by atoms with Crippen LogP contribution in [0.3, 0.4) is 0 Å². The van der Waals surface area contributed by atoms with Crippen molar-refractivity contribution in [3.8, 4) is 0 Å². The third-order valence-corrected chi connectivity index (χ3v) is 2.75. The topological polar surface area (TPSA) is 97.7 Å². The van der Waals surface area contributed by atoms with Gasteiger partial charge in [-0.05, 0) is 11.6 Å². The van der Waals surface area contributed by atoms with Crippen LogP contribution in [-0.4, -0.2) is 23.2 Å². The fourth-order valence-corrected chi connectivity index (χ4v) is 1.92. The Balaban J connectivity index is 0.00000196. The monoisotopic (exact) mass is 240 g/mol. The van der Waals surface area contributed by atoms with Crippen LogP contribution in [0.15, 0.2) is 23.1 Å². The van der Waals surface area contributed by atoms with Gasteiger partial charge in [0.2, 0.25) is 0 Å². The Morgan fingerprint density at radius 3 is 2.20 bits per heavy atom. The minimum absolute atomic E-state index is 0. The summed E-state index contributed by atoms with van der Waals surface area (Å²) in [6.45, 7) is -1.01. The molecular formula is C8H9NaO5S. The molecule has 5 nitrogen and oxygen atoms in total. The van der Waals surface area contributed by atoms with Crippen LogP contribution >= 0.6 is 0 Å². The molecule has 0 saturated heterocycles. The van der Waals surface area contributed by atoms with Gasteiger partial charge in [-0.25, -0.2) is 8.42 Å². The van der Waals surface area contributed by atoms with E-state index in [4.69, 9.17) is 10.2 Å². The van der Waals surface area contributed by atoms with Gasteiger partial charge in [-0.15, -0.1) is 0 Å². The Hall–Kier alpha value is 0.0500. The average molecular weight is 240 g/mol. The molecule has 0 saturated carbocycles. The summed E-state index contributed by atoms with van der Waals surface area (Å²) >= 11 is 0. The first-order valence-electron chi connectivity index (χ1n) is 3.79. The van der Waals surface area contributed by atoms with E-state index in [0.29, 0.717) is 0 Å². The van der Waals surface area contributed by atoms with Gasteiger partial charge in [-0.2, -0.15) is 0 Å². The van der Waals surface area contributed by atoms with E-state index in [0.717, 1.165) is 6.07 Å². The van der Waals surface area contributed by atoms with Gasteiger partial charge >= 0.3 is 29.6 Å². The molecule has 78 valence electrons. The quantitative estimate of drug-likeness (QED) is 0.423. The van der Waals surface area contributed by atoms with Crippen LogP contribution in [0.1, 0.15) is 11.1 Å². The number of hydrogen-bond acceptors (Lipinski definition) is 5. The summed E-state index contributed by atoms with van der Waals surface area (Å²) in [5.41, 5.74) is 0.203. The van der Waals surface area contributed by atoms with E-state index in [1.165, 1.54) is 12.1 Å². The minimum atomic E-state index is -4.60. The smallest absolute Gasteiger partial charge is 0.744 e. The molecule has 2 N–H and O–H groups in total. The van der Waals surface area contributed by atoms with Gasteiger partial charge in [0.1, 0.15) is 10.1 Å². The van der Waals surface area contributed by atoms with E-state index in [-0.39, 0.29) is 40.7 Å². The Labute approximate surface area is 110 Å². The van der Waals surface area contributed by atoms with Gasteiger partial charge in [-0.3, -0.25) is 0 Å². The molecule has 1 aromatic carbocycles. The second kappa shape index (κ2) is 5.95. The van der Waals surface area contributed by atoms with Gasteiger partial charge in [0.25, 0.3) is 0 Å². The molecule has 0 aromatic heterocycles. The first-order chi connectivity index (χ1) is 6.50. The van der Waals surface area contributed by atoms with E-state index < -0.39 is 28.2 Å². The van der Waals surface area contributed by atoms with Crippen LogP contribution in [0.2, 0.25) is 0 Å². The third-order valence-electron chi connectivity index (χ3n) is 1.83. The average Bonchev–Trinajstić information content (AvgIpc) is 2.15. The maximum absolute atomic E-state index is 10.7. The predicted octanol–water partition coefficient (Wildman–Crippen LogP) is -3.42. The van der Waals surface area contributed by atoms with Crippen LogP contribution in [0.4, 0.5) is 0 Å². The molecule has 0 radical (unpaired) electrons. The minimum Gasteiger partial charge on any atom is -0.744 e. The van der Waals surface area contributed by atoms with Gasteiger partial charge in [0, 0.05) is 5.56 Å². The van der Waals surface area contributed by atoms with Crippen molar-refractivity contribution >= 4 is 10.1 Å². The fraction of sp³-hybridized carbons (Fsp3) is 0.250. The standard InChI is InChI=1S/C8H10O5S.Na/c9-4-6-2-1-3-8(7(6)5-10)14(11,12)13;/h1-3,9-10H,4-5H2,(H,11,12,13);/q;+1/p-1. The molecule has 0 amide bonds. The van der Waals surface area contributed by atoms with E-state index in [2.05, 4.69) is 0 Å². The molecule has 1 aromatic rings. The van der Waals surface area contributed by atoms with E-state index in [9.17, 15) is 13.0 Å². The van der Waals surface area contributed by atoms with Crippen molar-refractivity contribution in [3.63, 3.8) is 0 Å². The third kappa shape index (κ3) is 3.53. The SMILES string of the molecule is O=S(=O)([O-])c1cccc(CO)c1CO.[Na+]. The summed E-state index contributed by atoms with van der Waals surface area (Å²) in [7, 11) is -4.60. The molecule has 1 rings (SSSR count). The molecule has 0 heterocycles. The molecular weight excluding hydrogens is 231 g/mol. The van der Waals surface area contributed by atoms with Crippen LogP contribution < -0.4 is 29.6 Å². The maximum atomic E-state index is 10.7. The molecule has 7 heteroatoms. The normalized spacial score (nSPS) is 10.9. The molecule has 0 aliphatic heterocycles. The van der Waals surface area contributed by atoms with Crippen molar-refractivity contribution in [2.24, 2.45) is 0 Å². The maximum Gasteiger partial charge on any atom is 1.00 e. The van der Waals surface area contributed by atoms with Crippen LogP contribution in [0.25, 0.3) is 0 Å². The number of aliphatic hydroxyl groups excluding tert-OH is 2. The van der Waals surface area contributed by atoms with Gasteiger partial charge in [0.15, 0.2) is 0 Å². The Kier molecular flexibility index (Phi) is 5.97. The zero-order valence-corrected chi connectivity index (χ0v) is 11.0. The molecule has 0 fully saturated rings. The van der Waals surface area contributed by atoms with Crippen molar-refractivity contribution in [1.29, 1.82) is 0 Å². The number of rotatable bonds is 3. The fourth-order valence-electron chi connectivity index (χ4n) is 1.17. The second-order valence-electron chi connectivity index (χ2n) is 2.66. The molecule has 15 heavy (non-hydrogen) atoms. The summed E-state index contributed by atoms with van der Waals surface area (Å²) in [5.74, 6) is 0. The Morgan fingerprint density at radius 2 is 1.80 bits per heavy atom. The zero-order valence-electron chi connectivity index (χ0n) is 8.17. The van der Waals surface area contributed by atoms with Gasteiger partial charge in [-0.1, -0.05) is 12.1 Å². The van der Waals surface area contributed by atoms with Crippen LogP contribution in [0, 0.1) is 0 Å². The molecule has 0 spiro atoms. The number of benzene rings is 1. The summed E-state index contributed by atoms with van der Waals surface area (Å²) in [6.07, 6.45) is 0. The van der Waals surface area contributed by atoms with Crippen LogP contribution in [0.5, 0.6) is 0 Å². The van der Waals surface area contributed by atoms with E-state index >= 15 is 0 Å². The summed E-state index contributed by atoms with van der Waals surface area (Å²) in [5, 5.41) is 17.7. The Morgan fingerprint density at radius 1 is 1.20 bits per heavy atom. The first kappa shape index (κ1) is 15.0. The number of aliphatic hydroxyl groups is 2. The van der Waals surface area contributed by atoms with Crippen molar-refractivity contribution in [2.75, 3.05) is 0 Å². The molecule has 0 aliphatic carbocycles. The predicted molar refractivity (Wildman–Crippen MR) is 46.3 cm³/mol. The summed E-state index contributed by atoms with van der Waals surface area (Å²) in [4.78, 5) is -0.480. The zero-order chi connectivity index (χ0) is 10.8. The van der Waals surface area contributed by atoms with E-state index in [1.54, 1.807) is 0 Å². The van der Waals surface area contributed by atoms with Gasteiger partial charge < -0.3 is 14.8 Å². The number of hydrogen-bond donors (Lipinski definition) is 2. The van der Waals surface area contributed by atoms with Crippen LogP contribution in [-0.2, 0) is 23.3 Å². The van der Waals surface area contributed by atoms with E-state index in [1.807, 2.05) is 0 Å². The van der Waals surface area contributed by atoms with Crippen molar-refractivity contribution in [1.82, 2.24) is 0 Å². The van der Waals surface area contributed by atoms with Crippen molar-refractivity contribution in [3.05, 3.63) is 29.3 Å².